The number of aldehydes is 1. The van der Waals surface area contributed by atoms with E-state index in [-0.39, 0.29) is 18.2 Å². The molecule has 28 heavy (non-hydrogen) atoms. The Bertz CT molecular complexity index is 724. The van der Waals surface area contributed by atoms with E-state index in [1.165, 1.54) is 13.8 Å². The van der Waals surface area contributed by atoms with Crippen molar-refractivity contribution in [3.05, 3.63) is 29.8 Å². The summed E-state index contributed by atoms with van der Waals surface area (Å²) in [5.41, 5.74) is 0.336. The zero-order valence-electron chi connectivity index (χ0n) is 15.9. The molecule has 9 heteroatoms. The van der Waals surface area contributed by atoms with Gasteiger partial charge in [0.25, 0.3) is 0 Å². The predicted molar refractivity (Wildman–Crippen MR) is 92.1 cm³/mol. The largest absolute Gasteiger partial charge is 0.460 e. The lowest BCUT2D eigenvalue weighted by Gasteiger charge is -2.43. The molecule has 1 fully saturated rings. The first-order valence-electron chi connectivity index (χ1n) is 8.45. The Morgan fingerprint density at radius 2 is 1.57 bits per heavy atom. The van der Waals surface area contributed by atoms with Crippen molar-refractivity contribution in [2.45, 2.75) is 52.3 Å². The maximum atomic E-state index is 11.5. The minimum Gasteiger partial charge on any atom is -0.460 e. The molecule has 1 aliphatic rings. The van der Waals surface area contributed by atoms with Gasteiger partial charge in [-0.1, -0.05) is 19.1 Å². The first kappa shape index (κ1) is 23.0. The number of para-hydroxylation sites is 1. The van der Waals surface area contributed by atoms with Gasteiger partial charge in [0.05, 0.1) is 11.7 Å². The molecule has 0 aliphatic carbocycles. The molecule has 1 aromatic rings. The van der Waals surface area contributed by atoms with E-state index in [0.717, 1.165) is 0 Å². The molecule has 1 aromatic carbocycles. The maximum Gasteiger partial charge on any atom is 0.373 e. The quantitative estimate of drug-likeness (QED) is 0.540. The van der Waals surface area contributed by atoms with Crippen LogP contribution in [0.1, 0.15) is 38.1 Å². The molecule has 1 saturated heterocycles. The molecule has 0 unspecified atom stereocenters. The van der Waals surface area contributed by atoms with Crippen molar-refractivity contribution in [1.82, 2.24) is 0 Å². The average Bonchev–Trinajstić information content (AvgIpc) is 2.63. The molecule has 0 amide bonds. The third kappa shape index (κ3) is 6.29. The fraction of sp³-hybridized carbons (Fsp3) is 0.474. The van der Waals surface area contributed by atoms with E-state index in [9.17, 15) is 14.4 Å². The molecule has 0 bridgehead atoms. The van der Waals surface area contributed by atoms with Crippen LogP contribution in [0.5, 0.6) is 5.75 Å². The zero-order chi connectivity index (χ0) is 21.3. The molecule has 9 nitrogen and oxygen atoms in total. The van der Waals surface area contributed by atoms with Gasteiger partial charge in [-0.05, 0) is 19.1 Å². The summed E-state index contributed by atoms with van der Waals surface area (Å²) in [5.74, 6) is -0.961. The number of carbonyl (C=O) groups is 3. The van der Waals surface area contributed by atoms with Crippen LogP contribution in [-0.4, -0.2) is 49.0 Å². The van der Waals surface area contributed by atoms with Crippen LogP contribution in [0.4, 0.5) is 0 Å². The summed E-state index contributed by atoms with van der Waals surface area (Å²) in [4.78, 5) is 50.4. The van der Waals surface area contributed by atoms with Gasteiger partial charge >= 0.3 is 18.1 Å². The van der Waals surface area contributed by atoms with E-state index < -0.39 is 30.4 Å². The van der Waals surface area contributed by atoms with Crippen LogP contribution in [-0.2, 0) is 33.4 Å². The molecule has 1 aliphatic heterocycles. The van der Waals surface area contributed by atoms with Gasteiger partial charge in [0.1, 0.15) is 11.9 Å². The van der Waals surface area contributed by atoms with E-state index in [4.69, 9.17) is 28.5 Å². The predicted octanol–water partition coefficient (Wildman–Crippen LogP) is 1.54. The van der Waals surface area contributed by atoms with Crippen molar-refractivity contribution in [3.63, 3.8) is 0 Å². The minimum absolute atomic E-state index is 0.214. The van der Waals surface area contributed by atoms with Gasteiger partial charge in [-0.25, -0.2) is 0 Å². The van der Waals surface area contributed by atoms with Gasteiger partial charge < -0.3 is 18.9 Å². The molecule has 0 spiro atoms. The average molecular weight is 394 g/mol. The van der Waals surface area contributed by atoms with Crippen molar-refractivity contribution < 1.29 is 42.9 Å². The molecular weight excluding hydrogens is 372 g/mol. The standard InChI is InChI=1S/C18H22O7.CO2/c1-10-11(2)22-18(25-15-8-6-5-7-14(15)9-19)17(24-13(4)21)16(10)23-12(3)20;2-1-3/h5-11,16-18H,1-4H3;/t10-,11-,16+,17-,18+;/m1./s1. The van der Waals surface area contributed by atoms with Crippen LogP contribution in [0.2, 0.25) is 0 Å². The Balaban J connectivity index is 0.00000122. The van der Waals surface area contributed by atoms with Crippen molar-refractivity contribution in [3.8, 4) is 5.75 Å². The Morgan fingerprint density at radius 1 is 1.04 bits per heavy atom. The highest BCUT2D eigenvalue weighted by Crippen LogP contribution is 2.32. The highest BCUT2D eigenvalue weighted by atomic mass is 16.7. The lowest BCUT2D eigenvalue weighted by atomic mass is 9.91. The summed E-state index contributed by atoms with van der Waals surface area (Å²) in [7, 11) is 0. The summed E-state index contributed by atoms with van der Waals surface area (Å²) < 4.78 is 22.3. The van der Waals surface area contributed by atoms with E-state index in [1.807, 2.05) is 13.8 Å². The van der Waals surface area contributed by atoms with Gasteiger partial charge in [0.15, 0.2) is 6.29 Å². The van der Waals surface area contributed by atoms with Crippen LogP contribution in [0.15, 0.2) is 24.3 Å². The SMILES string of the molecule is CC(=O)O[C@H]1[C@H](Oc2ccccc2C=O)O[C@H](C)[C@@H](C)[C@@H]1OC(C)=O.O=C=O. The molecule has 0 radical (unpaired) electrons. The second-order valence-electron chi connectivity index (χ2n) is 6.07. The molecule has 1 heterocycles. The van der Waals surface area contributed by atoms with Crippen molar-refractivity contribution in [2.24, 2.45) is 5.92 Å². The lowest BCUT2D eigenvalue weighted by molar-refractivity contribution is -0.263. The topological polar surface area (TPSA) is 122 Å². The van der Waals surface area contributed by atoms with Crippen LogP contribution >= 0.6 is 0 Å². The zero-order valence-corrected chi connectivity index (χ0v) is 15.9. The van der Waals surface area contributed by atoms with Crippen molar-refractivity contribution >= 4 is 24.4 Å². The van der Waals surface area contributed by atoms with Gasteiger partial charge in [0.2, 0.25) is 12.4 Å². The Morgan fingerprint density at radius 3 is 2.11 bits per heavy atom. The van der Waals surface area contributed by atoms with Crippen LogP contribution in [0.3, 0.4) is 0 Å². The summed E-state index contributed by atoms with van der Waals surface area (Å²) in [6, 6.07) is 6.62. The van der Waals surface area contributed by atoms with Crippen LogP contribution < -0.4 is 4.74 Å². The summed E-state index contributed by atoms with van der Waals surface area (Å²) in [6.07, 6.45) is -2.09. The van der Waals surface area contributed by atoms with Gasteiger partial charge in [-0.3, -0.25) is 14.4 Å². The molecule has 5 atom stereocenters. The summed E-state index contributed by atoms with van der Waals surface area (Å²) >= 11 is 0. The Kier molecular flexibility index (Phi) is 9.01. The van der Waals surface area contributed by atoms with Crippen molar-refractivity contribution in [1.29, 1.82) is 0 Å². The fourth-order valence-electron chi connectivity index (χ4n) is 2.72. The molecule has 0 saturated carbocycles. The lowest BCUT2D eigenvalue weighted by Crippen LogP contribution is -2.57. The number of ether oxygens (including phenoxy) is 4. The highest BCUT2D eigenvalue weighted by molar-refractivity contribution is 5.79. The summed E-state index contributed by atoms with van der Waals surface area (Å²) in [5, 5.41) is 0. The van der Waals surface area contributed by atoms with Gasteiger partial charge in [-0.2, -0.15) is 9.59 Å². The second kappa shape index (κ2) is 11.0. The number of benzene rings is 1. The third-order valence-electron chi connectivity index (χ3n) is 4.09. The van der Waals surface area contributed by atoms with Gasteiger partial charge in [0, 0.05) is 19.8 Å². The monoisotopic (exact) mass is 394 g/mol. The number of hydrogen-bond acceptors (Lipinski definition) is 9. The van der Waals surface area contributed by atoms with Crippen LogP contribution in [0.25, 0.3) is 0 Å². The number of carbonyl (C=O) groups excluding carboxylic acids is 5. The minimum atomic E-state index is -1.01. The number of rotatable bonds is 5. The van der Waals surface area contributed by atoms with E-state index >= 15 is 0 Å². The van der Waals surface area contributed by atoms with E-state index in [2.05, 4.69) is 0 Å². The number of hydrogen-bond donors (Lipinski definition) is 0. The molecule has 2 rings (SSSR count). The number of esters is 2. The molecular formula is C19H22O9. The highest BCUT2D eigenvalue weighted by Gasteiger charge is 2.47. The van der Waals surface area contributed by atoms with Crippen molar-refractivity contribution in [2.75, 3.05) is 0 Å². The van der Waals surface area contributed by atoms with Crippen LogP contribution in [0, 0.1) is 5.92 Å². The fourth-order valence-corrected chi connectivity index (χ4v) is 2.72. The smallest absolute Gasteiger partial charge is 0.373 e. The Labute approximate surface area is 161 Å². The van der Waals surface area contributed by atoms with Gasteiger partial charge in [-0.15, -0.1) is 0 Å². The Hall–Kier alpha value is -3.03. The summed E-state index contributed by atoms with van der Waals surface area (Å²) in [6.45, 7) is 6.19. The normalized spacial score (nSPS) is 25.9. The third-order valence-corrected chi connectivity index (χ3v) is 4.09. The first-order valence-corrected chi connectivity index (χ1v) is 8.45. The van der Waals surface area contributed by atoms with E-state index in [1.54, 1.807) is 24.3 Å². The molecule has 0 N–H and O–H groups in total. The first-order chi connectivity index (χ1) is 13.2. The van der Waals surface area contributed by atoms with E-state index in [0.29, 0.717) is 17.6 Å². The second-order valence-corrected chi connectivity index (χ2v) is 6.07. The maximum absolute atomic E-state index is 11.5. The molecule has 152 valence electrons. The molecule has 0 aromatic heterocycles.